The lowest BCUT2D eigenvalue weighted by molar-refractivity contribution is 0.0378. The van der Waals surface area contributed by atoms with Gasteiger partial charge >= 0.3 is 0 Å². The van der Waals surface area contributed by atoms with Crippen LogP contribution in [0.2, 0.25) is 5.02 Å². The van der Waals surface area contributed by atoms with Gasteiger partial charge in [-0.3, -0.25) is 4.90 Å². The molecule has 0 amide bonds. The van der Waals surface area contributed by atoms with Crippen LogP contribution in [0.15, 0.2) is 36.5 Å². The number of hydrogen-bond donors (Lipinski definition) is 1. The summed E-state index contributed by atoms with van der Waals surface area (Å²) < 4.78 is 5.36. The Morgan fingerprint density at radius 3 is 2.92 bits per heavy atom. The first-order valence-corrected chi connectivity index (χ1v) is 8.78. The van der Waals surface area contributed by atoms with Crippen LogP contribution in [-0.2, 0) is 11.2 Å². The molecule has 1 fully saturated rings. The summed E-state index contributed by atoms with van der Waals surface area (Å²) in [6, 6.07) is 9.73. The van der Waals surface area contributed by atoms with Crippen molar-refractivity contribution in [2.75, 3.05) is 44.7 Å². The fourth-order valence-corrected chi connectivity index (χ4v) is 2.97. The molecular weight excluding hydrogens is 324 g/mol. The van der Waals surface area contributed by atoms with E-state index in [9.17, 15) is 0 Å². The number of morpholine rings is 1. The second kappa shape index (κ2) is 8.97. The van der Waals surface area contributed by atoms with Gasteiger partial charge < -0.3 is 10.1 Å². The highest BCUT2D eigenvalue weighted by Crippen LogP contribution is 2.13. The molecular formula is C18H23ClN4O. The van der Waals surface area contributed by atoms with Crippen molar-refractivity contribution < 1.29 is 4.74 Å². The molecule has 0 saturated carbocycles. The second-order valence-corrected chi connectivity index (χ2v) is 6.34. The van der Waals surface area contributed by atoms with E-state index in [1.165, 1.54) is 0 Å². The van der Waals surface area contributed by atoms with Crippen LogP contribution in [0.5, 0.6) is 0 Å². The topological polar surface area (TPSA) is 50.3 Å². The van der Waals surface area contributed by atoms with Gasteiger partial charge in [0.05, 0.1) is 13.2 Å². The number of anilines is 1. The lowest BCUT2D eigenvalue weighted by Crippen LogP contribution is -2.37. The van der Waals surface area contributed by atoms with Gasteiger partial charge in [0.15, 0.2) is 0 Å². The van der Waals surface area contributed by atoms with Gasteiger partial charge in [0.25, 0.3) is 0 Å². The molecule has 0 unspecified atom stereocenters. The zero-order valence-electron chi connectivity index (χ0n) is 13.7. The van der Waals surface area contributed by atoms with Crippen molar-refractivity contribution in [1.82, 2.24) is 14.9 Å². The van der Waals surface area contributed by atoms with Gasteiger partial charge in [-0.05, 0) is 36.7 Å². The molecule has 2 aromatic rings. The molecule has 0 radical (unpaired) electrons. The van der Waals surface area contributed by atoms with Gasteiger partial charge in [0.1, 0.15) is 11.6 Å². The largest absolute Gasteiger partial charge is 0.379 e. The lowest BCUT2D eigenvalue weighted by Gasteiger charge is -2.26. The molecule has 1 aliphatic rings. The van der Waals surface area contributed by atoms with Gasteiger partial charge in [-0.2, -0.15) is 0 Å². The molecule has 24 heavy (non-hydrogen) atoms. The lowest BCUT2D eigenvalue weighted by atomic mass is 10.1. The molecule has 0 aliphatic carbocycles. The Balaban J connectivity index is 1.46. The van der Waals surface area contributed by atoms with Crippen LogP contribution in [0.3, 0.4) is 0 Å². The Morgan fingerprint density at radius 1 is 1.21 bits per heavy atom. The Bertz CT molecular complexity index is 646. The summed E-state index contributed by atoms with van der Waals surface area (Å²) in [6.07, 6.45) is 3.58. The predicted molar refractivity (Wildman–Crippen MR) is 96.7 cm³/mol. The van der Waals surface area contributed by atoms with E-state index < -0.39 is 0 Å². The van der Waals surface area contributed by atoms with E-state index in [4.69, 9.17) is 16.3 Å². The molecule has 0 atom stereocenters. The van der Waals surface area contributed by atoms with Crippen LogP contribution in [-0.4, -0.2) is 54.3 Å². The van der Waals surface area contributed by atoms with E-state index in [-0.39, 0.29) is 0 Å². The Kier molecular flexibility index (Phi) is 6.41. The fraction of sp³-hybridized carbons (Fsp3) is 0.444. The van der Waals surface area contributed by atoms with E-state index in [1.807, 2.05) is 30.3 Å². The number of benzene rings is 1. The van der Waals surface area contributed by atoms with Gasteiger partial charge in [-0.25, -0.2) is 9.97 Å². The van der Waals surface area contributed by atoms with Crippen molar-refractivity contribution >= 4 is 17.4 Å². The average Bonchev–Trinajstić information content (AvgIpc) is 2.60. The summed E-state index contributed by atoms with van der Waals surface area (Å²) in [5, 5.41) is 4.13. The Labute approximate surface area is 148 Å². The molecule has 1 saturated heterocycles. The number of ether oxygens (including phenoxy) is 1. The smallest absolute Gasteiger partial charge is 0.135 e. The molecule has 3 rings (SSSR count). The van der Waals surface area contributed by atoms with E-state index in [1.54, 1.807) is 6.20 Å². The van der Waals surface area contributed by atoms with Crippen LogP contribution in [0.25, 0.3) is 0 Å². The third kappa shape index (κ3) is 5.44. The minimum absolute atomic E-state index is 0.684. The van der Waals surface area contributed by atoms with E-state index in [0.717, 1.165) is 68.0 Å². The van der Waals surface area contributed by atoms with Crippen molar-refractivity contribution in [3.63, 3.8) is 0 Å². The maximum absolute atomic E-state index is 6.03. The molecule has 1 N–H and O–H groups in total. The molecule has 6 heteroatoms. The van der Waals surface area contributed by atoms with Crippen molar-refractivity contribution in [3.8, 4) is 0 Å². The second-order valence-electron chi connectivity index (χ2n) is 5.90. The van der Waals surface area contributed by atoms with Crippen molar-refractivity contribution in [1.29, 1.82) is 0 Å². The molecule has 1 aliphatic heterocycles. The molecule has 5 nitrogen and oxygen atoms in total. The summed E-state index contributed by atoms with van der Waals surface area (Å²) in [5.74, 6) is 1.68. The minimum Gasteiger partial charge on any atom is -0.379 e. The van der Waals surface area contributed by atoms with Crippen LogP contribution < -0.4 is 5.32 Å². The molecule has 1 aromatic carbocycles. The van der Waals surface area contributed by atoms with Crippen LogP contribution >= 0.6 is 11.6 Å². The minimum atomic E-state index is 0.684. The first-order chi connectivity index (χ1) is 11.8. The maximum Gasteiger partial charge on any atom is 0.135 e. The van der Waals surface area contributed by atoms with Crippen LogP contribution in [0, 0.1) is 0 Å². The van der Waals surface area contributed by atoms with Crippen molar-refractivity contribution in [3.05, 3.63) is 52.9 Å². The third-order valence-electron chi connectivity index (χ3n) is 4.02. The maximum atomic E-state index is 6.03. The summed E-state index contributed by atoms with van der Waals surface area (Å²) >= 11 is 6.03. The number of hydrogen-bond acceptors (Lipinski definition) is 5. The molecule has 0 spiro atoms. The predicted octanol–water partition coefficient (Wildman–Crippen LogP) is 2.86. The van der Waals surface area contributed by atoms with E-state index >= 15 is 0 Å². The average molecular weight is 347 g/mol. The zero-order chi connectivity index (χ0) is 16.6. The highest BCUT2D eigenvalue weighted by Gasteiger charge is 2.09. The summed E-state index contributed by atoms with van der Waals surface area (Å²) in [7, 11) is 0. The van der Waals surface area contributed by atoms with E-state index in [2.05, 4.69) is 20.2 Å². The van der Waals surface area contributed by atoms with Gasteiger partial charge in [0, 0.05) is 37.3 Å². The van der Waals surface area contributed by atoms with Gasteiger partial charge in [0.2, 0.25) is 0 Å². The highest BCUT2D eigenvalue weighted by atomic mass is 35.5. The summed E-state index contributed by atoms with van der Waals surface area (Å²) in [5.41, 5.74) is 1.12. The van der Waals surface area contributed by atoms with E-state index in [0.29, 0.717) is 6.42 Å². The summed E-state index contributed by atoms with van der Waals surface area (Å²) in [6.45, 7) is 5.79. The normalized spacial score (nSPS) is 15.4. The Morgan fingerprint density at radius 2 is 2.08 bits per heavy atom. The highest BCUT2D eigenvalue weighted by molar-refractivity contribution is 6.30. The number of nitrogens with zero attached hydrogens (tertiary/aromatic N) is 3. The third-order valence-corrected chi connectivity index (χ3v) is 4.25. The standard InChI is InChI=1S/C18H23ClN4O/c19-16-4-1-3-15(13-16)14-18-21-7-5-17(22-18)20-6-2-8-23-9-11-24-12-10-23/h1,3-5,7,13H,2,6,8-12,14H2,(H,20,21,22). The number of rotatable bonds is 7. The molecule has 0 bridgehead atoms. The number of nitrogens with one attached hydrogen (secondary N) is 1. The van der Waals surface area contributed by atoms with Gasteiger partial charge in [-0.15, -0.1) is 0 Å². The number of halogens is 1. The summed E-state index contributed by atoms with van der Waals surface area (Å²) in [4.78, 5) is 11.4. The van der Waals surface area contributed by atoms with Crippen LogP contribution in [0.1, 0.15) is 17.8 Å². The monoisotopic (exact) mass is 346 g/mol. The van der Waals surface area contributed by atoms with Crippen molar-refractivity contribution in [2.45, 2.75) is 12.8 Å². The SMILES string of the molecule is Clc1cccc(Cc2nccc(NCCCN3CCOCC3)n2)c1. The fourth-order valence-electron chi connectivity index (χ4n) is 2.76. The van der Waals surface area contributed by atoms with Crippen molar-refractivity contribution in [2.24, 2.45) is 0 Å². The molecule has 2 heterocycles. The van der Waals surface area contributed by atoms with Gasteiger partial charge in [-0.1, -0.05) is 23.7 Å². The zero-order valence-corrected chi connectivity index (χ0v) is 14.5. The first kappa shape index (κ1) is 17.1. The molecule has 1 aromatic heterocycles. The van der Waals surface area contributed by atoms with Crippen LogP contribution in [0.4, 0.5) is 5.82 Å². The number of aromatic nitrogens is 2. The molecule has 128 valence electrons. The first-order valence-electron chi connectivity index (χ1n) is 8.40. The quantitative estimate of drug-likeness (QED) is 0.781. The Hall–Kier alpha value is -1.69.